The van der Waals surface area contributed by atoms with E-state index in [1.54, 1.807) is 30.3 Å². The minimum Gasteiger partial charge on any atom is -0.481 e. The number of carboxylic acid groups (broad SMARTS) is 1. The molecule has 0 spiro atoms. The number of aryl methyl sites for hydroxylation is 1. The van der Waals surface area contributed by atoms with Crippen LogP contribution in [0.3, 0.4) is 0 Å². The summed E-state index contributed by atoms with van der Waals surface area (Å²) in [5.74, 6) is -6.63. The molecule has 12 N–H and O–H groups in total. The molecular formula is C44H63FN10O13. The lowest BCUT2D eigenvalue weighted by Gasteiger charge is -2.40. The molecule has 2 fully saturated rings. The zero-order valence-electron chi connectivity index (χ0n) is 37.6. The summed E-state index contributed by atoms with van der Waals surface area (Å²) in [6.45, 7) is -0.758. The maximum atomic E-state index is 14.1. The first-order chi connectivity index (χ1) is 32.4. The quantitative estimate of drug-likeness (QED) is 0.0332. The molecule has 0 aliphatic carbocycles. The number of carbonyl (C=O) groups is 8. The summed E-state index contributed by atoms with van der Waals surface area (Å²) < 4.78 is 19.5. The number of amidine groups is 1. The van der Waals surface area contributed by atoms with Crippen molar-refractivity contribution in [2.75, 3.05) is 13.2 Å². The number of halogens is 1. The van der Waals surface area contributed by atoms with Crippen LogP contribution >= 0.6 is 0 Å². The fraction of sp³-hybridized carbons (Fsp3) is 0.614. The highest BCUT2D eigenvalue weighted by Crippen LogP contribution is 2.25. The number of ether oxygens (including phenoxy) is 1. The first-order valence-electron chi connectivity index (χ1n) is 22.7. The van der Waals surface area contributed by atoms with Crippen molar-refractivity contribution in [3.8, 4) is 0 Å². The third-order valence-corrected chi connectivity index (χ3v) is 11.5. The van der Waals surface area contributed by atoms with Crippen molar-refractivity contribution in [2.24, 2.45) is 5.73 Å². The monoisotopic (exact) mass is 957 g/mol. The summed E-state index contributed by atoms with van der Waals surface area (Å²) in [4.78, 5) is 106. The molecule has 2 aromatic rings. The summed E-state index contributed by atoms with van der Waals surface area (Å²) in [6.07, 6.45) is -6.69. The minimum absolute atomic E-state index is 0.0589. The number of aliphatic carboxylic acids is 1. The van der Waals surface area contributed by atoms with Gasteiger partial charge < -0.3 is 57.5 Å². The summed E-state index contributed by atoms with van der Waals surface area (Å²) in [7, 11) is 0. The van der Waals surface area contributed by atoms with Crippen LogP contribution in [0.15, 0.2) is 36.5 Å². The van der Waals surface area contributed by atoms with Crippen LogP contribution in [0.2, 0.25) is 0 Å². The molecule has 374 valence electrons. The Balaban J connectivity index is 1.44. The van der Waals surface area contributed by atoms with E-state index in [0.29, 0.717) is 30.5 Å². The van der Waals surface area contributed by atoms with Gasteiger partial charge in [0.05, 0.1) is 36.8 Å². The zero-order chi connectivity index (χ0) is 49.8. The van der Waals surface area contributed by atoms with E-state index in [4.69, 9.17) is 15.9 Å². The lowest BCUT2D eigenvalue weighted by molar-refractivity contribution is -0.221. The number of nitrogens with zero attached hydrogens (tertiary/aromatic N) is 3. The van der Waals surface area contributed by atoms with Crippen LogP contribution < -0.4 is 32.3 Å². The fourth-order valence-corrected chi connectivity index (χ4v) is 7.72. The second kappa shape index (κ2) is 27.5. The van der Waals surface area contributed by atoms with Crippen molar-refractivity contribution in [1.29, 1.82) is 5.41 Å². The van der Waals surface area contributed by atoms with E-state index < -0.39 is 115 Å². The predicted molar refractivity (Wildman–Crippen MR) is 237 cm³/mol. The van der Waals surface area contributed by atoms with E-state index in [2.05, 4.69) is 36.9 Å². The number of amides is 5. The van der Waals surface area contributed by atoms with Gasteiger partial charge in [0.25, 0.3) is 5.91 Å². The predicted octanol–water partition coefficient (Wildman–Crippen LogP) is -1.82. The number of aliphatic hydroxyl groups excluding tert-OH is 3. The maximum absolute atomic E-state index is 14.1. The number of rotatable bonds is 23. The van der Waals surface area contributed by atoms with Gasteiger partial charge in [-0.3, -0.25) is 48.2 Å². The number of alkyl halides is 1. The SMILES string of the molecule is N=C(N)CCCC[C@@H]1NC(=O)[C@H](CCCCNC(=O)C2O[C@H](CCC(=O)Cn3cc(CCC[18F])nn3)[C@H](O)C(O)[C@@H]2O)NC(=O)[C@@H](Cc2ccccc2)NC(=O)[C@H](CC(=O)O)NC(=O)CCC1=O. The van der Waals surface area contributed by atoms with Gasteiger partial charge in [-0.2, -0.15) is 0 Å². The minimum atomic E-state index is -1.83. The van der Waals surface area contributed by atoms with Gasteiger partial charge in [-0.05, 0) is 56.9 Å². The van der Waals surface area contributed by atoms with Gasteiger partial charge in [-0.15, -0.1) is 5.10 Å². The number of carboxylic acids is 1. The molecule has 23 nitrogen and oxygen atoms in total. The number of hydrogen-bond donors (Lipinski definition) is 11. The van der Waals surface area contributed by atoms with Gasteiger partial charge in [-0.25, -0.2) is 4.68 Å². The van der Waals surface area contributed by atoms with E-state index in [9.17, 15) is 63.2 Å². The molecule has 68 heavy (non-hydrogen) atoms. The highest BCUT2D eigenvalue weighted by Gasteiger charge is 2.46. The van der Waals surface area contributed by atoms with Crippen molar-refractivity contribution < 1.29 is 67.9 Å². The molecule has 5 amide bonds. The Labute approximate surface area is 391 Å². The Morgan fingerprint density at radius 1 is 0.809 bits per heavy atom. The number of Topliss-reactive ketones (excluding diaryl/α,β-unsaturated/α-hetero) is 2. The summed E-state index contributed by atoms with van der Waals surface area (Å²) in [5, 5.41) is 69.5. The van der Waals surface area contributed by atoms with Crippen molar-refractivity contribution in [3.05, 3.63) is 47.8 Å². The zero-order valence-corrected chi connectivity index (χ0v) is 37.6. The average Bonchev–Trinajstić information content (AvgIpc) is 3.75. The molecule has 1 aromatic carbocycles. The molecule has 4 rings (SSSR count). The lowest BCUT2D eigenvalue weighted by atomic mass is 9.91. The third-order valence-electron chi connectivity index (χ3n) is 11.5. The van der Waals surface area contributed by atoms with E-state index >= 15 is 0 Å². The van der Waals surface area contributed by atoms with E-state index in [0.717, 1.165) is 0 Å². The first kappa shape index (κ1) is 54.4. The Morgan fingerprint density at radius 3 is 2.18 bits per heavy atom. The Kier molecular flexibility index (Phi) is 22.0. The Hall–Kier alpha value is -6.24. The number of ketones is 2. The molecule has 3 heterocycles. The molecule has 2 aliphatic rings. The summed E-state index contributed by atoms with van der Waals surface area (Å²) in [6, 6.07) is 3.05. The van der Waals surface area contributed by atoms with E-state index in [1.165, 1.54) is 10.9 Å². The molecule has 0 bridgehead atoms. The molecule has 1 aromatic heterocycles. The van der Waals surface area contributed by atoms with Gasteiger partial charge >= 0.3 is 5.97 Å². The number of aromatic nitrogens is 3. The van der Waals surface area contributed by atoms with E-state index in [1.807, 2.05) is 0 Å². The number of benzene rings is 1. The van der Waals surface area contributed by atoms with Gasteiger partial charge in [0.15, 0.2) is 17.7 Å². The van der Waals surface area contributed by atoms with Crippen molar-refractivity contribution in [2.45, 2.75) is 158 Å². The standard InChI is InChI=1S/C44H63FN10O13/c45-19-8-11-26-23-55(54-53-26)24-27(56)15-17-33-37(61)38(62)39(63)40(68-33)44(67)48-20-7-6-13-29-41(64)50-28(12-4-5-14-34(46)47)32(57)16-18-35(58)49-31(22-36(59)60)43(66)52-30(42(65)51-29)21-25-9-2-1-3-10-25/h1-3,9-10,23,28-31,33,37-40,61-63H,4-8,11-22,24H2,(H3,46,47)(H,48,67)(H,49,58)(H,50,64)(H,51,65)(H,52,66)(H,59,60)/t28-,29-,30+,31-,33+,37-,38?,39-,40?/m0/s1/i45-1. The molecule has 2 unspecified atom stereocenters. The largest absolute Gasteiger partial charge is 0.481 e. The summed E-state index contributed by atoms with van der Waals surface area (Å²) >= 11 is 0. The number of hydrogen-bond acceptors (Lipinski definition) is 15. The average molecular weight is 958 g/mol. The fourth-order valence-electron chi connectivity index (χ4n) is 7.72. The Bertz CT molecular complexity index is 2060. The van der Waals surface area contributed by atoms with Crippen LogP contribution in [0, 0.1) is 5.41 Å². The topological polar surface area (TPSA) is 367 Å². The smallest absolute Gasteiger partial charge is 0.305 e. The maximum Gasteiger partial charge on any atom is 0.305 e. The lowest BCUT2D eigenvalue weighted by Crippen LogP contribution is -2.61. The number of carbonyl (C=O) groups excluding carboxylic acids is 7. The van der Waals surface area contributed by atoms with Gasteiger partial charge in [-0.1, -0.05) is 42.0 Å². The van der Waals surface area contributed by atoms with Crippen molar-refractivity contribution >= 4 is 52.9 Å². The number of unbranched alkanes of at least 4 members (excludes halogenated alkanes) is 2. The van der Waals surface area contributed by atoms with Crippen LogP contribution in [0.1, 0.15) is 94.7 Å². The van der Waals surface area contributed by atoms with Crippen LogP contribution in [0.4, 0.5) is 4.39 Å². The van der Waals surface area contributed by atoms with E-state index in [-0.39, 0.29) is 88.9 Å². The van der Waals surface area contributed by atoms with Crippen LogP contribution in [-0.4, -0.2) is 156 Å². The van der Waals surface area contributed by atoms with Crippen molar-refractivity contribution in [3.63, 3.8) is 0 Å². The van der Waals surface area contributed by atoms with Crippen LogP contribution in [0.5, 0.6) is 0 Å². The number of nitrogens with one attached hydrogen (secondary N) is 6. The number of aliphatic hydroxyl groups is 3. The van der Waals surface area contributed by atoms with Gasteiger partial charge in [0, 0.05) is 44.8 Å². The molecule has 0 radical (unpaired) electrons. The second-order valence-electron chi connectivity index (χ2n) is 17.0. The molecule has 2 aliphatic heterocycles. The van der Waals surface area contributed by atoms with Crippen LogP contribution in [0.25, 0.3) is 0 Å². The second-order valence-corrected chi connectivity index (χ2v) is 17.0. The molecule has 0 saturated carbocycles. The van der Waals surface area contributed by atoms with Crippen molar-refractivity contribution in [1.82, 2.24) is 41.6 Å². The molecular weight excluding hydrogens is 895 g/mol. The van der Waals surface area contributed by atoms with Crippen LogP contribution in [-0.2, 0) is 62.5 Å². The Morgan fingerprint density at radius 2 is 1.47 bits per heavy atom. The molecule has 9 atom stereocenters. The summed E-state index contributed by atoms with van der Waals surface area (Å²) in [5.41, 5.74) is 6.59. The normalized spacial score (nSPS) is 25.2. The molecule has 2 saturated heterocycles. The first-order valence-corrected chi connectivity index (χ1v) is 22.7. The van der Waals surface area contributed by atoms with Gasteiger partial charge in [0.2, 0.25) is 23.6 Å². The molecule has 24 heteroatoms. The third kappa shape index (κ3) is 17.8. The number of nitrogens with two attached hydrogens (primary N) is 1. The highest BCUT2D eigenvalue weighted by molar-refractivity contribution is 5.98. The van der Waals surface area contributed by atoms with Gasteiger partial charge in [0.1, 0.15) is 43.0 Å². The highest BCUT2D eigenvalue weighted by atomic mass is 18.2.